The van der Waals surface area contributed by atoms with E-state index in [1.54, 1.807) is 40.7 Å². The van der Waals surface area contributed by atoms with Crippen molar-refractivity contribution < 1.29 is 16.8 Å². The molecule has 32 heavy (non-hydrogen) atoms. The van der Waals surface area contributed by atoms with Gasteiger partial charge in [0.15, 0.2) is 0 Å². The van der Waals surface area contributed by atoms with E-state index >= 15 is 0 Å². The van der Waals surface area contributed by atoms with Crippen molar-refractivity contribution in [3.63, 3.8) is 0 Å². The van der Waals surface area contributed by atoms with Gasteiger partial charge in [-0.1, -0.05) is 30.2 Å². The first-order valence-corrected chi connectivity index (χ1v) is 14.4. The van der Waals surface area contributed by atoms with Crippen LogP contribution in [0, 0.1) is 6.92 Å². The summed E-state index contributed by atoms with van der Waals surface area (Å²) in [7, 11) is -7.22. The first-order valence-electron chi connectivity index (χ1n) is 11.5. The Morgan fingerprint density at radius 1 is 0.875 bits per heavy atom. The lowest BCUT2D eigenvalue weighted by Gasteiger charge is -2.34. The van der Waals surface area contributed by atoms with Gasteiger partial charge >= 0.3 is 0 Å². The van der Waals surface area contributed by atoms with Crippen molar-refractivity contribution in [2.45, 2.75) is 74.1 Å². The van der Waals surface area contributed by atoms with Gasteiger partial charge in [0.2, 0.25) is 20.0 Å². The summed E-state index contributed by atoms with van der Waals surface area (Å²) < 4.78 is 56.4. The third-order valence-corrected chi connectivity index (χ3v) is 10.0. The van der Waals surface area contributed by atoms with E-state index in [9.17, 15) is 16.8 Å². The van der Waals surface area contributed by atoms with Gasteiger partial charge in [0.1, 0.15) is 0 Å². The van der Waals surface area contributed by atoms with E-state index in [2.05, 4.69) is 4.72 Å². The predicted octanol–water partition coefficient (Wildman–Crippen LogP) is 3.79. The van der Waals surface area contributed by atoms with E-state index in [1.165, 1.54) is 5.56 Å². The Morgan fingerprint density at radius 3 is 2.31 bits per heavy atom. The molecule has 0 radical (unpaired) electrons. The molecule has 0 amide bonds. The smallest absolute Gasteiger partial charge is 0.211 e. The Labute approximate surface area is 192 Å². The zero-order valence-electron chi connectivity index (χ0n) is 18.6. The minimum absolute atomic E-state index is 0.207. The summed E-state index contributed by atoms with van der Waals surface area (Å²) >= 11 is 0. The molecule has 1 aliphatic heterocycles. The summed E-state index contributed by atoms with van der Waals surface area (Å²) in [5.41, 5.74) is 3.38. The fourth-order valence-electron chi connectivity index (χ4n) is 4.74. The van der Waals surface area contributed by atoms with Gasteiger partial charge in [0.05, 0.1) is 9.79 Å². The highest BCUT2D eigenvalue weighted by Crippen LogP contribution is 2.28. The third kappa shape index (κ3) is 5.09. The van der Waals surface area contributed by atoms with Crippen molar-refractivity contribution in [3.05, 3.63) is 59.2 Å². The van der Waals surface area contributed by atoms with Crippen LogP contribution in [0.15, 0.2) is 52.3 Å². The number of sulfonamides is 2. The molecule has 2 aromatic carbocycles. The van der Waals surface area contributed by atoms with Crippen LogP contribution in [0.5, 0.6) is 0 Å². The molecule has 174 valence electrons. The van der Waals surface area contributed by atoms with Crippen molar-refractivity contribution in [2.75, 3.05) is 13.1 Å². The average Bonchev–Trinajstić information content (AvgIpc) is 2.79. The zero-order valence-corrected chi connectivity index (χ0v) is 20.2. The van der Waals surface area contributed by atoms with Crippen molar-refractivity contribution in [3.8, 4) is 0 Å². The van der Waals surface area contributed by atoms with E-state index in [-0.39, 0.29) is 12.6 Å². The highest BCUT2D eigenvalue weighted by molar-refractivity contribution is 7.89. The highest BCUT2D eigenvalue weighted by Gasteiger charge is 2.33. The van der Waals surface area contributed by atoms with E-state index in [0.29, 0.717) is 22.8 Å². The molecule has 2 aliphatic rings. The first-order chi connectivity index (χ1) is 15.3. The van der Waals surface area contributed by atoms with Crippen LogP contribution in [0.4, 0.5) is 0 Å². The molecule has 1 unspecified atom stereocenters. The maximum atomic E-state index is 13.2. The van der Waals surface area contributed by atoms with Gasteiger partial charge in [-0.25, -0.2) is 21.6 Å². The number of rotatable bonds is 7. The average molecular weight is 477 g/mol. The summed E-state index contributed by atoms with van der Waals surface area (Å²) in [6.07, 6.45) is 7.14. The molecule has 4 rings (SSSR count). The molecule has 1 N–H and O–H groups in total. The molecule has 1 heterocycles. The molecular weight excluding hydrogens is 444 g/mol. The van der Waals surface area contributed by atoms with Crippen LogP contribution in [-0.2, 0) is 32.9 Å². The fraction of sp³-hybridized carbons (Fsp3) is 0.500. The van der Waals surface area contributed by atoms with Crippen LogP contribution in [0.2, 0.25) is 0 Å². The maximum absolute atomic E-state index is 13.2. The van der Waals surface area contributed by atoms with E-state index in [4.69, 9.17) is 0 Å². The number of nitrogens with zero attached hydrogens (tertiary/aromatic N) is 1. The number of hydrogen-bond acceptors (Lipinski definition) is 4. The number of benzene rings is 2. The van der Waals surface area contributed by atoms with Crippen LogP contribution < -0.4 is 4.72 Å². The summed E-state index contributed by atoms with van der Waals surface area (Å²) in [4.78, 5) is 0.593. The van der Waals surface area contributed by atoms with Crippen LogP contribution in [0.3, 0.4) is 0 Å². The molecule has 8 heteroatoms. The molecule has 2 aromatic rings. The molecular formula is C24H32N2O4S2. The standard InChI is InChI=1S/C24H32N2O4S2/c1-19-9-12-23(13-10-19)32(29,30)26-17-5-4-8-22(26)15-16-25-31(27,28)24-14-11-20-6-2-3-7-21(20)18-24/h9-14,18,22,25H,2-8,15-17H2,1H3. The van der Waals surface area contributed by atoms with Gasteiger partial charge in [-0.15, -0.1) is 0 Å². The number of piperidine rings is 1. The van der Waals surface area contributed by atoms with Crippen molar-refractivity contribution >= 4 is 20.0 Å². The Kier molecular flexibility index (Phi) is 7.05. The number of nitrogens with one attached hydrogen (secondary N) is 1. The van der Waals surface area contributed by atoms with E-state index in [0.717, 1.165) is 56.1 Å². The highest BCUT2D eigenvalue weighted by atomic mass is 32.2. The minimum atomic E-state index is -3.62. The fourth-order valence-corrected chi connectivity index (χ4v) is 7.57. The van der Waals surface area contributed by atoms with Crippen molar-refractivity contribution in [2.24, 2.45) is 0 Å². The van der Waals surface area contributed by atoms with Gasteiger partial charge < -0.3 is 0 Å². The largest absolute Gasteiger partial charge is 0.243 e. The minimum Gasteiger partial charge on any atom is -0.211 e. The SMILES string of the molecule is Cc1ccc(S(=O)(=O)N2CCCCC2CCNS(=O)(=O)c2ccc3c(c2)CCCC3)cc1. The summed E-state index contributed by atoms with van der Waals surface area (Å²) in [6, 6.07) is 12.1. The summed E-state index contributed by atoms with van der Waals surface area (Å²) in [5.74, 6) is 0. The third-order valence-electron chi connectivity index (χ3n) is 6.60. The van der Waals surface area contributed by atoms with Crippen molar-refractivity contribution in [1.29, 1.82) is 0 Å². The lowest BCUT2D eigenvalue weighted by molar-refractivity contribution is 0.242. The van der Waals surface area contributed by atoms with Gasteiger partial charge in [-0.3, -0.25) is 0 Å². The summed E-state index contributed by atoms with van der Waals surface area (Å²) in [6.45, 7) is 2.61. The van der Waals surface area contributed by atoms with E-state index in [1.807, 2.05) is 13.0 Å². The lowest BCUT2D eigenvalue weighted by Crippen LogP contribution is -2.45. The lowest BCUT2D eigenvalue weighted by atomic mass is 9.92. The second kappa shape index (κ2) is 9.63. The summed E-state index contributed by atoms with van der Waals surface area (Å²) in [5, 5.41) is 0. The molecule has 0 saturated carbocycles. The molecule has 0 aromatic heterocycles. The van der Waals surface area contributed by atoms with Gasteiger partial charge in [-0.05, 0) is 87.3 Å². The Morgan fingerprint density at radius 2 is 1.56 bits per heavy atom. The van der Waals surface area contributed by atoms with Gasteiger partial charge in [-0.2, -0.15) is 4.31 Å². The molecule has 1 aliphatic carbocycles. The second-order valence-electron chi connectivity index (χ2n) is 8.90. The molecule has 1 saturated heterocycles. The Hall–Kier alpha value is -1.74. The quantitative estimate of drug-likeness (QED) is 0.659. The normalized spacial score (nSPS) is 20.1. The molecule has 6 nitrogen and oxygen atoms in total. The first kappa shape index (κ1) is 23.4. The number of hydrogen-bond donors (Lipinski definition) is 1. The Balaban J connectivity index is 1.43. The topological polar surface area (TPSA) is 83.6 Å². The van der Waals surface area contributed by atoms with Crippen LogP contribution in [0.25, 0.3) is 0 Å². The maximum Gasteiger partial charge on any atom is 0.243 e. The van der Waals surface area contributed by atoms with Crippen molar-refractivity contribution in [1.82, 2.24) is 9.03 Å². The molecule has 1 atom stereocenters. The predicted molar refractivity (Wildman–Crippen MR) is 126 cm³/mol. The molecule has 0 bridgehead atoms. The zero-order chi connectivity index (χ0) is 22.8. The van der Waals surface area contributed by atoms with Crippen LogP contribution in [-0.4, -0.2) is 40.3 Å². The van der Waals surface area contributed by atoms with Crippen LogP contribution >= 0.6 is 0 Å². The molecule has 0 spiro atoms. The van der Waals surface area contributed by atoms with Crippen LogP contribution in [0.1, 0.15) is 55.2 Å². The van der Waals surface area contributed by atoms with Gasteiger partial charge in [0.25, 0.3) is 0 Å². The number of fused-ring (bicyclic) bond motifs is 1. The monoisotopic (exact) mass is 476 g/mol. The number of aryl methyl sites for hydroxylation is 3. The Bertz CT molecular complexity index is 1160. The van der Waals surface area contributed by atoms with E-state index < -0.39 is 20.0 Å². The molecule has 1 fully saturated rings. The van der Waals surface area contributed by atoms with Gasteiger partial charge in [0, 0.05) is 19.1 Å². The second-order valence-corrected chi connectivity index (χ2v) is 12.6.